The molecular weight excluding hydrogens is 468 g/mol. The first kappa shape index (κ1) is 24.7. The lowest BCUT2D eigenvalue weighted by atomic mass is 10.0. The van der Waals surface area contributed by atoms with Gasteiger partial charge < -0.3 is 19.7 Å². The molecule has 178 valence electrons. The third kappa shape index (κ3) is 5.72. The van der Waals surface area contributed by atoms with Crippen molar-refractivity contribution in [2.45, 2.75) is 38.1 Å². The van der Waals surface area contributed by atoms with Gasteiger partial charge in [-0.15, -0.1) is 11.3 Å². The number of aryl methyl sites for hydroxylation is 1. The number of benzene rings is 1. The fourth-order valence-electron chi connectivity index (χ4n) is 3.48. The van der Waals surface area contributed by atoms with Crippen molar-refractivity contribution in [1.82, 2.24) is 4.90 Å². The van der Waals surface area contributed by atoms with E-state index >= 15 is 0 Å². The highest BCUT2D eigenvalue weighted by molar-refractivity contribution is 7.91. The van der Waals surface area contributed by atoms with E-state index in [0.29, 0.717) is 18.0 Å². The van der Waals surface area contributed by atoms with Gasteiger partial charge in [0.2, 0.25) is 5.91 Å². The van der Waals surface area contributed by atoms with Gasteiger partial charge in [-0.1, -0.05) is 17.7 Å². The van der Waals surface area contributed by atoms with E-state index in [1.54, 1.807) is 19.1 Å². The first-order chi connectivity index (χ1) is 15.7. The van der Waals surface area contributed by atoms with Crippen LogP contribution in [0.1, 0.15) is 39.7 Å². The first-order valence-corrected chi connectivity index (χ1v) is 12.9. The maximum atomic E-state index is 12.6. The number of rotatable bonds is 7. The molecule has 9 nitrogen and oxygen atoms in total. The van der Waals surface area contributed by atoms with E-state index in [2.05, 4.69) is 5.32 Å². The summed E-state index contributed by atoms with van der Waals surface area (Å²) in [6.45, 7) is 4.32. The molecule has 1 aromatic heterocycles. The zero-order valence-electron chi connectivity index (χ0n) is 18.7. The molecule has 2 heterocycles. The number of sulfone groups is 1. The van der Waals surface area contributed by atoms with Gasteiger partial charge in [0, 0.05) is 17.8 Å². The molecule has 0 atom stereocenters. The molecule has 0 fully saturated rings. The Morgan fingerprint density at radius 3 is 2.52 bits per heavy atom. The Morgan fingerprint density at radius 2 is 1.88 bits per heavy atom. The number of nitrogens with one attached hydrogen (secondary N) is 1. The largest absolute Gasteiger partial charge is 0.462 e. The standard InChI is InChI=1S/C22H26N2O7S2/c1-4-31-21(26)19-16-9-11-24(22(27)30-3)13-17(16)32-20(19)23-18(25)10-12-33(28,29)15-7-5-14(2)6-8-15/h5-8H,4,9-13H2,1-3H3,(H,23,25). The lowest BCUT2D eigenvalue weighted by Crippen LogP contribution is -2.35. The van der Waals surface area contributed by atoms with E-state index in [9.17, 15) is 22.8 Å². The Labute approximate surface area is 196 Å². The fraction of sp³-hybridized carbons (Fsp3) is 0.409. The van der Waals surface area contributed by atoms with Crippen molar-refractivity contribution >= 4 is 44.1 Å². The van der Waals surface area contributed by atoms with Crippen LogP contribution in [-0.2, 0) is 37.1 Å². The van der Waals surface area contributed by atoms with Crippen molar-refractivity contribution in [3.63, 3.8) is 0 Å². The van der Waals surface area contributed by atoms with Crippen LogP contribution >= 0.6 is 11.3 Å². The maximum absolute atomic E-state index is 12.6. The third-order valence-corrected chi connectivity index (χ3v) is 8.06. The van der Waals surface area contributed by atoms with Crippen molar-refractivity contribution in [3.8, 4) is 0 Å². The van der Waals surface area contributed by atoms with E-state index < -0.39 is 27.8 Å². The number of carbonyl (C=O) groups is 3. The molecule has 1 aliphatic heterocycles. The highest BCUT2D eigenvalue weighted by Crippen LogP contribution is 2.38. The van der Waals surface area contributed by atoms with Crippen molar-refractivity contribution in [3.05, 3.63) is 45.8 Å². The summed E-state index contributed by atoms with van der Waals surface area (Å²) < 4.78 is 35.0. The van der Waals surface area contributed by atoms with Crippen LogP contribution in [0.25, 0.3) is 0 Å². The molecule has 1 aromatic carbocycles. The van der Waals surface area contributed by atoms with Crippen LogP contribution in [-0.4, -0.2) is 57.3 Å². The summed E-state index contributed by atoms with van der Waals surface area (Å²) in [7, 11) is -2.33. The number of hydrogen-bond donors (Lipinski definition) is 1. The van der Waals surface area contributed by atoms with Crippen molar-refractivity contribution in [2.24, 2.45) is 0 Å². The number of hydrogen-bond acceptors (Lipinski definition) is 8. The smallest absolute Gasteiger partial charge is 0.409 e. The van der Waals surface area contributed by atoms with E-state index in [-0.39, 0.29) is 35.8 Å². The molecule has 1 aliphatic rings. The fourth-order valence-corrected chi connectivity index (χ4v) is 5.98. The van der Waals surface area contributed by atoms with Gasteiger partial charge >= 0.3 is 12.1 Å². The predicted octanol–water partition coefficient (Wildman–Crippen LogP) is 3.16. The SMILES string of the molecule is CCOC(=O)c1c(NC(=O)CCS(=O)(=O)c2ccc(C)cc2)sc2c1CCN(C(=O)OC)C2. The topological polar surface area (TPSA) is 119 Å². The van der Waals surface area contributed by atoms with E-state index in [0.717, 1.165) is 16.0 Å². The number of carbonyl (C=O) groups excluding carboxylic acids is 3. The second kappa shape index (κ2) is 10.3. The third-order valence-electron chi connectivity index (χ3n) is 5.20. The van der Waals surface area contributed by atoms with Crippen molar-refractivity contribution in [2.75, 3.05) is 31.3 Å². The summed E-state index contributed by atoms with van der Waals surface area (Å²) >= 11 is 1.18. The van der Waals surface area contributed by atoms with Crippen LogP contribution in [0.5, 0.6) is 0 Å². The molecule has 1 N–H and O–H groups in total. The van der Waals surface area contributed by atoms with Gasteiger partial charge in [0.25, 0.3) is 0 Å². The molecular formula is C22H26N2O7S2. The van der Waals surface area contributed by atoms with Crippen LogP contribution < -0.4 is 5.32 Å². The summed E-state index contributed by atoms with van der Waals surface area (Å²) in [6.07, 6.45) is -0.333. The average molecular weight is 495 g/mol. The molecule has 0 saturated heterocycles. The zero-order chi connectivity index (χ0) is 24.2. The van der Waals surface area contributed by atoms with Crippen LogP contribution in [0, 0.1) is 6.92 Å². The molecule has 0 saturated carbocycles. The molecule has 0 aliphatic carbocycles. The highest BCUT2D eigenvalue weighted by atomic mass is 32.2. The summed E-state index contributed by atoms with van der Waals surface area (Å²) in [6, 6.07) is 6.43. The molecule has 2 amide bonds. The van der Waals surface area contributed by atoms with Crippen LogP contribution in [0.4, 0.5) is 9.80 Å². The number of thiophene rings is 1. The number of esters is 1. The molecule has 3 rings (SSSR count). The number of methoxy groups -OCH3 is 1. The average Bonchev–Trinajstić information content (AvgIpc) is 3.14. The molecule has 33 heavy (non-hydrogen) atoms. The predicted molar refractivity (Wildman–Crippen MR) is 123 cm³/mol. The molecule has 0 unspecified atom stereocenters. The molecule has 2 aromatic rings. The van der Waals surface area contributed by atoms with Gasteiger partial charge in [0.05, 0.1) is 36.5 Å². The minimum absolute atomic E-state index is 0.155. The number of amides is 2. The monoisotopic (exact) mass is 494 g/mol. The minimum atomic E-state index is -3.63. The van der Waals surface area contributed by atoms with Gasteiger partial charge in [-0.2, -0.15) is 0 Å². The van der Waals surface area contributed by atoms with E-state index in [4.69, 9.17) is 9.47 Å². The molecule has 0 radical (unpaired) electrons. The molecule has 0 spiro atoms. The van der Waals surface area contributed by atoms with Gasteiger partial charge in [-0.3, -0.25) is 4.79 Å². The van der Waals surface area contributed by atoms with Gasteiger partial charge in [0.15, 0.2) is 9.84 Å². The summed E-state index contributed by atoms with van der Waals surface area (Å²) in [5.74, 6) is -1.46. The van der Waals surface area contributed by atoms with Crippen LogP contribution in [0.2, 0.25) is 0 Å². The Kier molecular flexibility index (Phi) is 7.75. The quantitative estimate of drug-likeness (QED) is 0.587. The van der Waals surface area contributed by atoms with Crippen LogP contribution in [0.15, 0.2) is 29.2 Å². The normalized spacial score (nSPS) is 13.2. The number of fused-ring (bicyclic) bond motifs is 1. The summed E-state index contributed by atoms with van der Waals surface area (Å²) in [5.41, 5.74) is 1.92. The number of ether oxygens (including phenoxy) is 2. The van der Waals surface area contributed by atoms with Gasteiger partial charge in [-0.05, 0) is 38.0 Å². The summed E-state index contributed by atoms with van der Waals surface area (Å²) in [5, 5.41) is 2.97. The minimum Gasteiger partial charge on any atom is -0.462 e. The van der Waals surface area contributed by atoms with Crippen molar-refractivity contribution in [1.29, 1.82) is 0 Å². The zero-order valence-corrected chi connectivity index (χ0v) is 20.3. The van der Waals surface area contributed by atoms with Crippen molar-refractivity contribution < 1.29 is 32.3 Å². The second-order valence-electron chi connectivity index (χ2n) is 7.50. The van der Waals surface area contributed by atoms with Gasteiger partial charge in [0.1, 0.15) is 5.00 Å². The van der Waals surface area contributed by atoms with E-state index in [1.165, 1.54) is 35.5 Å². The lowest BCUT2D eigenvalue weighted by Gasteiger charge is -2.25. The highest BCUT2D eigenvalue weighted by Gasteiger charge is 2.31. The Hall–Kier alpha value is -2.92. The van der Waals surface area contributed by atoms with E-state index in [1.807, 2.05) is 6.92 Å². The van der Waals surface area contributed by atoms with Gasteiger partial charge in [-0.25, -0.2) is 18.0 Å². The lowest BCUT2D eigenvalue weighted by molar-refractivity contribution is -0.115. The molecule has 11 heteroatoms. The number of anilines is 1. The van der Waals surface area contributed by atoms with Crippen LogP contribution in [0.3, 0.4) is 0 Å². The Bertz CT molecular complexity index is 1150. The molecule has 0 bridgehead atoms. The second-order valence-corrected chi connectivity index (χ2v) is 10.7. The Balaban J connectivity index is 1.77. The Morgan fingerprint density at radius 1 is 1.18 bits per heavy atom. The number of nitrogens with zero attached hydrogens (tertiary/aromatic N) is 1. The summed E-state index contributed by atoms with van der Waals surface area (Å²) in [4.78, 5) is 39.5. The maximum Gasteiger partial charge on any atom is 0.409 e. The first-order valence-electron chi connectivity index (χ1n) is 10.4.